The number of carbonyl (C=O) groups is 1. The van der Waals surface area contributed by atoms with Gasteiger partial charge in [0, 0.05) is 18.8 Å². The normalized spacial score (nSPS) is 23.3. The molecule has 1 aromatic rings. The van der Waals surface area contributed by atoms with Gasteiger partial charge in [0.1, 0.15) is 18.5 Å². The van der Waals surface area contributed by atoms with Crippen molar-refractivity contribution < 1.29 is 48.2 Å². The highest BCUT2D eigenvalue weighted by atomic mass is 19.4. The van der Waals surface area contributed by atoms with Crippen LogP contribution in [0.2, 0.25) is 0 Å². The fourth-order valence-corrected chi connectivity index (χ4v) is 4.16. The van der Waals surface area contributed by atoms with E-state index in [1.165, 1.54) is 18.2 Å². The molecule has 8 nitrogen and oxygen atoms in total. The molecule has 37 heavy (non-hydrogen) atoms. The van der Waals surface area contributed by atoms with Crippen molar-refractivity contribution in [3.05, 3.63) is 54.1 Å². The summed E-state index contributed by atoms with van der Waals surface area (Å²) in [5.74, 6) is -1.02. The molecule has 0 unspecified atom stereocenters. The summed E-state index contributed by atoms with van der Waals surface area (Å²) in [5, 5.41) is 51.3. The molecule has 0 bridgehead atoms. The predicted octanol–water partition coefficient (Wildman–Crippen LogP) is 1.95. The molecule has 1 fully saturated rings. The summed E-state index contributed by atoms with van der Waals surface area (Å²) in [6.07, 6.45) is 1.61. The molecule has 11 heteroatoms. The van der Waals surface area contributed by atoms with E-state index in [9.17, 15) is 33.3 Å². The van der Waals surface area contributed by atoms with Crippen LogP contribution in [0.25, 0.3) is 0 Å². The van der Waals surface area contributed by atoms with Crippen LogP contribution < -0.4 is 10.1 Å². The Bertz CT molecular complexity index is 889. The molecule has 208 valence electrons. The molecule has 1 aliphatic rings. The van der Waals surface area contributed by atoms with E-state index in [1.807, 2.05) is 12.2 Å². The number of nitrogens with one attached hydrogen (secondary N) is 1. The number of rotatable bonds is 14. The Hall–Kier alpha value is -2.44. The molecule has 1 amide bonds. The summed E-state index contributed by atoms with van der Waals surface area (Å²) < 4.78 is 43.7. The molecule has 0 spiro atoms. The van der Waals surface area contributed by atoms with Crippen LogP contribution in [0.4, 0.5) is 13.2 Å². The third-order valence-corrected chi connectivity index (χ3v) is 6.21. The fraction of sp³-hybridized carbons (Fsp3) is 0.577. The Labute approximate surface area is 214 Å². The van der Waals surface area contributed by atoms with Gasteiger partial charge in [0.25, 0.3) is 0 Å². The van der Waals surface area contributed by atoms with Gasteiger partial charge in [-0.05, 0) is 43.4 Å². The van der Waals surface area contributed by atoms with Crippen molar-refractivity contribution in [3.63, 3.8) is 0 Å². The second-order valence-corrected chi connectivity index (χ2v) is 9.13. The summed E-state index contributed by atoms with van der Waals surface area (Å²) in [7, 11) is 0. The maximum atomic E-state index is 12.8. The largest absolute Gasteiger partial charge is 0.491 e. The molecule has 6 N–H and O–H groups in total. The lowest BCUT2D eigenvalue weighted by Crippen LogP contribution is -2.39. The van der Waals surface area contributed by atoms with E-state index >= 15 is 0 Å². The smallest absolute Gasteiger partial charge is 0.416 e. The zero-order chi connectivity index (χ0) is 27.4. The summed E-state index contributed by atoms with van der Waals surface area (Å²) in [5.41, 5.74) is -0.853. The van der Waals surface area contributed by atoms with E-state index in [0.717, 1.165) is 12.1 Å². The van der Waals surface area contributed by atoms with Crippen LogP contribution >= 0.6 is 0 Å². The van der Waals surface area contributed by atoms with E-state index < -0.39 is 42.0 Å². The minimum Gasteiger partial charge on any atom is -0.491 e. The van der Waals surface area contributed by atoms with Gasteiger partial charge in [-0.25, -0.2) is 0 Å². The van der Waals surface area contributed by atoms with Gasteiger partial charge in [0.2, 0.25) is 5.91 Å². The van der Waals surface area contributed by atoms with Gasteiger partial charge in [-0.3, -0.25) is 4.79 Å². The molecule has 5 atom stereocenters. The average molecular weight is 532 g/mol. The van der Waals surface area contributed by atoms with Gasteiger partial charge in [-0.15, -0.1) is 0 Å². The molecule has 1 aromatic carbocycles. The molecule has 2 rings (SSSR count). The Morgan fingerprint density at radius 3 is 2.57 bits per heavy atom. The number of amides is 1. The minimum absolute atomic E-state index is 0.0271. The summed E-state index contributed by atoms with van der Waals surface area (Å²) in [6.45, 7) is -0.959. The summed E-state index contributed by atoms with van der Waals surface area (Å²) in [6, 6.07) is 3.68. The second kappa shape index (κ2) is 15.1. The maximum absolute atomic E-state index is 12.8. The standard InChI is InChI=1S/C26H36F3NO7/c27-26(28,29)17-6-5-7-20(12-17)37-16-19(33)10-11-22-21(23(34)13-24(22)35)8-3-1-2-4-9-25(36)30-18(14-31)15-32/h1,3,5-7,10-12,18-19,21-24,31-35H,2,4,8-9,13-16H2,(H,30,36)/b3-1-,11-10+/t19-,21-,22-,23+,24-/m1/s1. The van der Waals surface area contributed by atoms with E-state index in [-0.39, 0.29) is 50.2 Å². The molecular weight excluding hydrogens is 495 g/mol. The van der Waals surface area contributed by atoms with E-state index in [0.29, 0.717) is 19.3 Å². The average Bonchev–Trinajstić information content (AvgIpc) is 3.13. The minimum atomic E-state index is -4.50. The molecule has 1 aliphatic carbocycles. The van der Waals surface area contributed by atoms with Crippen LogP contribution in [-0.2, 0) is 11.0 Å². The van der Waals surface area contributed by atoms with Crippen LogP contribution in [0.3, 0.4) is 0 Å². The van der Waals surface area contributed by atoms with Crippen molar-refractivity contribution in [2.75, 3.05) is 19.8 Å². The highest BCUT2D eigenvalue weighted by Gasteiger charge is 2.39. The lowest BCUT2D eigenvalue weighted by molar-refractivity contribution is -0.137. The fourth-order valence-electron chi connectivity index (χ4n) is 4.16. The maximum Gasteiger partial charge on any atom is 0.416 e. The number of aliphatic hydroxyl groups is 5. The number of alkyl halides is 3. The number of benzene rings is 1. The summed E-state index contributed by atoms with van der Waals surface area (Å²) >= 11 is 0. The third kappa shape index (κ3) is 10.4. The molecule has 1 saturated carbocycles. The number of hydrogen-bond acceptors (Lipinski definition) is 7. The van der Waals surface area contributed by atoms with Gasteiger partial charge < -0.3 is 35.6 Å². The van der Waals surface area contributed by atoms with Crippen LogP contribution in [0, 0.1) is 11.8 Å². The molecular formula is C26H36F3NO7. The first kappa shape index (κ1) is 30.8. The molecule has 0 aromatic heterocycles. The van der Waals surface area contributed by atoms with Crippen LogP contribution in [0.15, 0.2) is 48.6 Å². The van der Waals surface area contributed by atoms with Crippen LogP contribution in [-0.4, -0.2) is 75.6 Å². The molecule has 0 radical (unpaired) electrons. The van der Waals surface area contributed by atoms with Gasteiger partial charge in [0.05, 0.1) is 37.0 Å². The lowest BCUT2D eigenvalue weighted by atomic mass is 9.89. The Kier molecular flexibility index (Phi) is 12.6. The number of carbonyl (C=O) groups excluding carboxylic acids is 1. The second-order valence-electron chi connectivity index (χ2n) is 9.13. The van der Waals surface area contributed by atoms with Crippen molar-refractivity contribution in [1.29, 1.82) is 0 Å². The summed E-state index contributed by atoms with van der Waals surface area (Å²) in [4.78, 5) is 11.7. The van der Waals surface area contributed by atoms with E-state index in [2.05, 4.69) is 5.32 Å². The number of hydrogen-bond donors (Lipinski definition) is 6. The number of aliphatic hydroxyl groups excluding tert-OH is 5. The van der Waals surface area contributed by atoms with Gasteiger partial charge in [0.15, 0.2) is 0 Å². The van der Waals surface area contributed by atoms with Crippen molar-refractivity contribution in [1.82, 2.24) is 5.32 Å². The predicted molar refractivity (Wildman–Crippen MR) is 129 cm³/mol. The van der Waals surface area contributed by atoms with Gasteiger partial charge in [-0.1, -0.05) is 30.4 Å². The monoisotopic (exact) mass is 531 g/mol. The number of allylic oxidation sites excluding steroid dienone is 2. The molecule has 0 saturated heterocycles. The van der Waals surface area contributed by atoms with E-state index in [4.69, 9.17) is 14.9 Å². The first-order chi connectivity index (χ1) is 17.5. The van der Waals surface area contributed by atoms with Gasteiger partial charge in [-0.2, -0.15) is 13.2 Å². The number of unbranched alkanes of at least 4 members (excludes halogenated alkanes) is 1. The highest BCUT2D eigenvalue weighted by molar-refractivity contribution is 5.76. The Morgan fingerprint density at radius 1 is 1.16 bits per heavy atom. The Balaban J connectivity index is 1.80. The van der Waals surface area contributed by atoms with Crippen molar-refractivity contribution in [2.24, 2.45) is 11.8 Å². The third-order valence-electron chi connectivity index (χ3n) is 6.21. The van der Waals surface area contributed by atoms with Crippen molar-refractivity contribution in [2.45, 2.75) is 62.6 Å². The first-order valence-corrected chi connectivity index (χ1v) is 12.2. The van der Waals surface area contributed by atoms with Gasteiger partial charge >= 0.3 is 6.18 Å². The number of halogens is 3. The zero-order valence-corrected chi connectivity index (χ0v) is 20.4. The van der Waals surface area contributed by atoms with Crippen LogP contribution in [0.1, 0.15) is 37.7 Å². The zero-order valence-electron chi connectivity index (χ0n) is 20.4. The SMILES string of the molecule is O=C(CCC/C=C\C[C@@H]1[C@@H](/C=C/[C@@H](O)COc2cccc(C(F)(F)F)c2)[C@H](O)C[C@@H]1O)NC(CO)CO. The Morgan fingerprint density at radius 2 is 1.89 bits per heavy atom. The highest BCUT2D eigenvalue weighted by Crippen LogP contribution is 2.36. The topological polar surface area (TPSA) is 139 Å². The first-order valence-electron chi connectivity index (χ1n) is 12.2. The van der Waals surface area contributed by atoms with Crippen molar-refractivity contribution >= 4 is 5.91 Å². The number of ether oxygens (including phenoxy) is 1. The molecule has 0 aliphatic heterocycles. The van der Waals surface area contributed by atoms with Crippen LogP contribution in [0.5, 0.6) is 5.75 Å². The molecule has 0 heterocycles. The quantitative estimate of drug-likeness (QED) is 0.159. The lowest BCUT2D eigenvalue weighted by Gasteiger charge is -2.19. The van der Waals surface area contributed by atoms with E-state index in [1.54, 1.807) is 6.08 Å². The van der Waals surface area contributed by atoms with Crippen molar-refractivity contribution in [3.8, 4) is 5.75 Å².